The van der Waals surface area contributed by atoms with E-state index in [0.717, 1.165) is 0 Å². The number of rotatable bonds is 5. The average Bonchev–Trinajstić information content (AvgIpc) is 2.38. The van der Waals surface area contributed by atoms with E-state index >= 15 is 0 Å². The summed E-state index contributed by atoms with van der Waals surface area (Å²) in [5.74, 6) is -0.955. The molecule has 0 aromatic carbocycles. The number of carbonyl (C=O) groups excluding carboxylic acids is 1. The van der Waals surface area contributed by atoms with Crippen LogP contribution in [-0.4, -0.2) is 41.6 Å². The first-order chi connectivity index (χ1) is 9.45. The van der Waals surface area contributed by atoms with Crippen LogP contribution in [0.15, 0.2) is 4.99 Å². The van der Waals surface area contributed by atoms with E-state index < -0.39 is 5.91 Å². The maximum Gasteiger partial charge on any atom is 0.280 e. The topological polar surface area (TPSA) is 155 Å². The van der Waals surface area contributed by atoms with E-state index in [9.17, 15) is 4.79 Å². The summed E-state index contributed by atoms with van der Waals surface area (Å²) in [6.45, 7) is 3.17. The van der Waals surface area contributed by atoms with E-state index in [-0.39, 0.29) is 40.8 Å². The van der Waals surface area contributed by atoms with E-state index in [1.54, 1.807) is 0 Å². The minimum atomic E-state index is -0.672. The molecule has 11 heteroatoms. The van der Waals surface area contributed by atoms with E-state index in [1.165, 1.54) is 0 Å². The summed E-state index contributed by atoms with van der Waals surface area (Å²) in [6.07, 6.45) is 0. The van der Waals surface area contributed by atoms with Gasteiger partial charge in [-0.25, -0.2) is 9.97 Å². The fourth-order valence-corrected chi connectivity index (χ4v) is 1.33. The van der Waals surface area contributed by atoms with E-state index in [4.69, 9.17) is 33.5 Å². The number of nitrogens with zero attached hydrogens (tertiary/aromatic N) is 3. The Bertz CT molecular complexity index is 524. The molecule has 0 aliphatic rings. The smallest absolute Gasteiger partial charge is 0.280 e. The molecule has 9 nitrogen and oxygen atoms in total. The second-order valence-electron chi connectivity index (χ2n) is 3.55. The molecule has 7 N–H and O–H groups in total. The molecule has 0 saturated heterocycles. The Kier molecular flexibility index (Phi) is 8.36. The van der Waals surface area contributed by atoms with Crippen LogP contribution in [0.25, 0.3) is 0 Å². The van der Waals surface area contributed by atoms with Crippen LogP contribution in [-0.2, 0) is 4.74 Å². The van der Waals surface area contributed by atoms with Crippen LogP contribution >= 0.6 is 24.0 Å². The Morgan fingerprint density at radius 2 is 2.05 bits per heavy atom. The number of guanidine groups is 1. The molecule has 0 bridgehead atoms. The van der Waals surface area contributed by atoms with Crippen molar-refractivity contribution in [2.45, 2.75) is 6.92 Å². The van der Waals surface area contributed by atoms with Crippen molar-refractivity contribution in [3.05, 3.63) is 10.8 Å². The van der Waals surface area contributed by atoms with Crippen LogP contribution in [0.1, 0.15) is 17.4 Å². The number of nitrogen functional groups attached to an aromatic ring is 2. The van der Waals surface area contributed by atoms with Gasteiger partial charge in [0.05, 0.1) is 13.2 Å². The first-order valence-electron chi connectivity index (χ1n) is 5.73. The van der Waals surface area contributed by atoms with Gasteiger partial charge in [0, 0.05) is 6.61 Å². The lowest BCUT2D eigenvalue weighted by Crippen LogP contribution is -2.38. The lowest BCUT2D eigenvalue weighted by Gasteiger charge is -2.07. The molecule has 0 spiro atoms. The van der Waals surface area contributed by atoms with E-state index in [0.29, 0.717) is 19.8 Å². The molecule has 0 fully saturated rings. The molecule has 1 amide bonds. The van der Waals surface area contributed by atoms with Crippen LogP contribution < -0.4 is 22.5 Å². The fraction of sp³-hybridized carbons (Fsp3) is 0.400. The number of hydrogen-bond donors (Lipinski definition) is 4. The number of ether oxygens (including phenoxy) is 1. The third-order valence-electron chi connectivity index (χ3n) is 2.08. The molecule has 118 valence electrons. The zero-order chi connectivity index (χ0) is 15.1. The highest BCUT2D eigenvalue weighted by Crippen LogP contribution is 2.16. The Labute approximate surface area is 132 Å². The predicted molar refractivity (Wildman–Crippen MR) is 83.6 cm³/mol. The van der Waals surface area contributed by atoms with Gasteiger partial charge in [-0.2, -0.15) is 0 Å². The number of hydrogen-bond acceptors (Lipinski definition) is 7. The maximum absolute atomic E-state index is 11.8. The number of nitrogens with two attached hydrogens (primary N) is 3. The zero-order valence-electron chi connectivity index (χ0n) is 11.3. The fourth-order valence-electron chi connectivity index (χ4n) is 1.20. The van der Waals surface area contributed by atoms with Crippen LogP contribution in [0.4, 0.5) is 11.6 Å². The highest BCUT2D eigenvalue weighted by atomic mass is 35.5. The monoisotopic (exact) mass is 337 g/mol. The number of carbonyl (C=O) groups is 1. The first kappa shape index (κ1) is 19.2. The molecule has 21 heavy (non-hydrogen) atoms. The predicted octanol–water partition coefficient (Wildman–Crippen LogP) is -0.203. The van der Waals surface area contributed by atoms with Gasteiger partial charge >= 0.3 is 0 Å². The van der Waals surface area contributed by atoms with E-state index in [2.05, 4.69) is 20.3 Å². The van der Waals surface area contributed by atoms with Crippen LogP contribution in [0.3, 0.4) is 0 Å². The van der Waals surface area contributed by atoms with Gasteiger partial charge in [-0.1, -0.05) is 11.6 Å². The number of aromatic nitrogens is 2. The van der Waals surface area contributed by atoms with Gasteiger partial charge in [-0.15, -0.1) is 12.4 Å². The molecule has 1 aromatic rings. The lowest BCUT2D eigenvalue weighted by atomic mass is 10.4. The summed E-state index contributed by atoms with van der Waals surface area (Å²) < 4.78 is 5.07. The summed E-state index contributed by atoms with van der Waals surface area (Å²) >= 11 is 5.67. The Morgan fingerprint density at radius 3 is 2.67 bits per heavy atom. The molecule has 1 heterocycles. The summed E-state index contributed by atoms with van der Waals surface area (Å²) in [7, 11) is 0. The quantitative estimate of drug-likeness (QED) is 0.329. The third-order valence-corrected chi connectivity index (χ3v) is 2.36. The lowest BCUT2D eigenvalue weighted by molar-refractivity contribution is 0.0972. The number of aliphatic imine (C=N–C) groups is 1. The van der Waals surface area contributed by atoms with Gasteiger partial charge in [-0.05, 0) is 6.92 Å². The Morgan fingerprint density at radius 1 is 1.38 bits per heavy atom. The largest absolute Gasteiger partial charge is 0.382 e. The van der Waals surface area contributed by atoms with Gasteiger partial charge in [0.25, 0.3) is 5.91 Å². The van der Waals surface area contributed by atoms with Crippen molar-refractivity contribution in [1.29, 1.82) is 0 Å². The number of amides is 1. The standard InChI is InChI=1S/C10H16ClN7O2.ClH/c1-2-20-4-3-15-10(14)18-9(19)5-7(12)17-8(13)6(11)16-5;/h2-4H2,1H3,(H4,12,13,17)(H3,14,15,18,19);1H. The maximum atomic E-state index is 11.8. The highest BCUT2D eigenvalue weighted by Gasteiger charge is 2.16. The molecule has 1 rings (SSSR count). The van der Waals surface area contributed by atoms with Gasteiger partial charge < -0.3 is 21.9 Å². The van der Waals surface area contributed by atoms with Crippen LogP contribution in [0.5, 0.6) is 0 Å². The van der Waals surface area contributed by atoms with Crippen LogP contribution in [0, 0.1) is 0 Å². The second kappa shape index (κ2) is 9.16. The zero-order valence-corrected chi connectivity index (χ0v) is 12.9. The molecular formula is C10H17Cl2N7O2. The molecule has 0 unspecified atom stereocenters. The third kappa shape index (κ3) is 5.98. The van der Waals surface area contributed by atoms with Crippen molar-refractivity contribution >= 4 is 47.5 Å². The molecular weight excluding hydrogens is 321 g/mol. The van der Waals surface area contributed by atoms with Crippen molar-refractivity contribution in [2.75, 3.05) is 31.2 Å². The number of anilines is 2. The first-order valence-corrected chi connectivity index (χ1v) is 6.11. The molecule has 1 aromatic heterocycles. The van der Waals surface area contributed by atoms with Crippen molar-refractivity contribution in [2.24, 2.45) is 10.7 Å². The van der Waals surface area contributed by atoms with Gasteiger partial charge in [0.2, 0.25) is 0 Å². The van der Waals surface area contributed by atoms with Crippen molar-refractivity contribution < 1.29 is 9.53 Å². The Balaban J connectivity index is 0.00000400. The van der Waals surface area contributed by atoms with Gasteiger partial charge in [-0.3, -0.25) is 15.1 Å². The SMILES string of the molecule is CCOCCN=C(N)NC(=O)c1nc(Cl)c(N)nc1N.Cl. The van der Waals surface area contributed by atoms with Crippen molar-refractivity contribution in [3.8, 4) is 0 Å². The minimum Gasteiger partial charge on any atom is -0.382 e. The second-order valence-corrected chi connectivity index (χ2v) is 3.91. The number of nitrogens with one attached hydrogen (secondary N) is 1. The van der Waals surface area contributed by atoms with Gasteiger partial charge in [0.1, 0.15) is 0 Å². The summed E-state index contributed by atoms with van der Waals surface area (Å²) in [5.41, 5.74) is 16.3. The molecule has 0 atom stereocenters. The van der Waals surface area contributed by atoms with Gasteiger partial charge in [0.15, 0.2) is 28.4 Å². The molecule has 0 radical (unpaired) electrons. The Hall–Kier alpha value is -1.84. The average molecular weight is 338 g/mol. The summed E-state index contributed by atoms with van der Waals surface area (Å²) in [5, 5.41) is 2.20. The van der Waals surface area contributed by atoms with Crippen molar-refractivity contribution in [3.63, 3.8) is 0 Å². The molecule has 0 saturated carbocycles. The molecule has 0 aliphatic carbocycles. The van der Waals surface area contributed by atoms with E-state index in [1.807, 2.05) is 6.92 Å². The highest BCUT2D eigenvalue weighted by molar-refractivity contribution is 6.31. The number of halogens is 2. The summed E-state index contributed by atoms with van der Waals surface area (Å²) in [4.78, 5) is 23.2. The van der Waals surface area contributed by atoms with Crippen molar-refractivity contribution in [1.82, 2.24) is 15.3 Å². The molecule has 0 aliphatic heterocycles. The van der Waals surface area contributed by atoms with Crippen LogP contribution in [0.2, 0.25) is 5.15 Å². The minimum absolute atomic E-state index is 0. The summed E-state index contributed by atoms with van der Waals surface area (Å²) in [6, 6.07) is 0. The normalized spacial score (nSPS) is 10.9.